The van der Waals surface area contributed by atoms with E-state index in [1.807, 2.05) is 10.9 Å². The van der Waals surface area contributed by atoms with Gasteiger partial charge in [-0.3, -0.25) is 5.01 Å². The van der Waals surface area contributed by atoms with Crippen molar-refractivity contribution in [2.24, 2.45) is 10.8 Å². The van der Waals surface area contributed by atoms with Crippen LogP contribution in [0.4, 0.5) is 0 Å². The lowest BCUT2D eigenvalue weighted by Gasteiger charge is -2.22. The molecule has 0 spiro atoms. The average molecular weight is 462 g/mol. The number of hydrogen-bond acceptors (Lipinski definition) is 2. The van der Waals surface area contributed by atoms with Crippen LogP contribution in [0, 0.1) is 22.7 Å². The maximum absolute atomic E-state index is 4.93. The quantitative estimate of drug-likeness (QED) is 0.297. The van der Waals surface area contributed by atoms with Gasteiger partial charge < -0.3 is 0 Å². The minimum atomic E-state index is -0.286. The van der Waals surface area contributed by atoms with Crippen LogP contribution in [0.25, 0.3) is 22.0 Å². The summed E-state index contributed by atoms with van der Waals surface area (Å²) in [7, 11) is 0. The topological polar surface area (TPSA) is 21.1 Å². The summed E-state index contributed by atoms with van der Waals surface area (Å²) in [6.45, 7) is 15.5. The zero-order valence-corrected chi connectivity index (χ0v) is 21.8. The van der Waals surface area contributed by atoms with Gasteiger partial charge in [0, 0.05) is 18.5 Å². The number of hydrogen-bond donors (Lipinski definition) is 0. The number of nitrogens with zero attached hydrogens (tertiary/aromatic N) is 3. The SMILES string of the molecule is CCN(CC)n1nc2ccccc2c1C#CC1(c2ccccc2-c2ccccc2)C(C)(C)C1(C)C. The summed E-state index contributed by atoms with van der Waals surface area (Å²) in [4.78, 5) is 2.02. The highest BCUT2D eigenvalue weighted by Crippen LogP contribution is 2.78. The summed E-state index contributed by atoms with van der Waals surface area (Å²) >= 11 is 0. The molecule has 1 aliphatic carbocycles. The molecule has 1 fully saturated rings. The van der Waals surface area contributed by atoms with Crippen LogP contribution in [0.2, 0.25) is 0 Å². The Labute approximate surface area is 209 Å². The molecule has 1 aromatic heterocycles. The third-order valence-corrected chi connectivity index (χ3v) is 8.72. The second-order valence-corrected chi connectivity index (χ2v) is 10.6. The van der Waals surface area contributed by atoms with Crippen LogP contribution in [0.3, 0.4) is 0 Å². The van der Waals surface area contributed by atoms with Crippen LogP contribution >= 0.6 is 0 Å². The van der Waals surface area contributed by atoms with E-state index in [1.54, 1.807) is 0 Å². The summed E-state index contributed by atoms with van der Waals surface area (Å²) < 4.78 is 0. The van der Waals surface area contributed by atoms with E-state index in [4.69, 9.17) is 5.10 Å². The molecule has 0 bridgehead atoms. The fraction of sp³-hybridized carbons (Fsp3) is 0.344. The van der Waals surface area contributed by atoms with E-state index in [-0.39, 0.29) is 16.2 Å². The lowest BCUT2D eigenvalue weighted by Crippen LogP contribution is -2.36. The summed E-state index contributed by atoms with van der Waals surface area (Å²) in [6, 6.07) is 27.9. The summed E-state index contributed by atoms with van der Waals surface area (Å²) in [6.07, 6.45) is 0. The first-order valence-electron chi connectivity index (χ1n) is 12.7. The van der Waals surface area contributed by atoms with Crippen LogP contribution in [-0.4, -0.2) is 23.0 Å². The van der Waals surface area contributed by atoms with Crippen molar-refractivity contribution in [1.29, 1.82) is 0 Å². The van der Waals surface area contributed by atoms with Crippen molar-refractivity contribution < 1.29 is 0 Å². The largest absolute Gasteiger partial charge is 0.296 e. The molecular formula is C32H35N3. The normalized spacial score (nSPS) is 17.0. The Balaban J connectivity index is 1.75. The zero-order chi connectivity index (χ0) is 24.8. The van der Waals surface area contributed by atoms with Gasteiger partial charge in [-0.05, 0) is 59.4 Å². The monoisotopic (exact) mass is 461 g/mol. The fourth-order valence-corrected chi connectivity index (χ4v) is 6.03. The predicted molar refractivity (Wildman–Crippen MR) is 147 cm³/mol. The maximum atomic E-state index is 4.93. The smallest absolute Gasteiger partial charge is 0.142 e. The Kier molecular flexibility index (Phi) is 5.52. The number of benzene rings is 3. The standard InChI is InChI=1S/C32H35N3/c1-7-34(8-2)35-29(26-19-13-15-21-28(26)33-35)22-23-32(30(3,4)31(32,5)6)27-20-14-12-18-25(27)24-16-10-9-11-17-24/h9-21H,7-8H2,1-6H3. The van der Waals surface area contributed by atoms with Gasteiger partial charge in [-0.25, -0.2) is 0 Å². The third-order valence-electron chi connectivity index (χ3n) is 8.72. The van der Waals surface area contributed by atoms with Crippen molar-refractivity contribution in [3.63, 3.8) is 0 Å². The molecule has 0 atom stereocenters. The van der Waals surface area contributed by atoms with Gasteiger partial charge in [-0.15, -0.1) is 0 Å². The molecule has 1 aliphatic rings. The lowest BCUT2D eigenvalue weighted by atomic mass is 9.81. The Morgan fingerprint density at radius 2 is 1.37 bits per heavy atom. The summed E-state index contributed by atoms with van der Waals surface area (Å²) in [5.74, 6) is 7.56. The molecular weight excluding hydrogens is 426 g/mol. The van der Waals surface area contributed by atoms with E-state index in [0.717, 1.165) is 29.7 Å². The van der Waals surface area contributed by atoms with E-state index in [0.29, 0.717) is 0 Å². The predicted octanol–water partition coefficient (Wildman–Crippen LogP) is 7.04. The Hall–Kier alpha value is -3.51. The molecule has 3 aromatic carbocycles. The first kappa shape index (κ1) is 23.2. The second-order valence-electron chi connectivity index (χ2n) is 10.6. The van der Waals surface area contributed by atoms with Crippen molar-refractivity contribution in [3.05, 3.63) is 90.1 Å². The third kappa shape index (κ3) is 3.23. The number of aromatic nitrogens is 2. The van der Waals surface area contributed by atoms with Crippen LogP contribution < -0.4 is 5.01 Å². The van der Waals surface area contributed by atoms with Crippen molar-refractivity contribution in [1.82, 2.24) is 9.89 Å². The van der Waals surface area contributed by atoms with Crippen LogP contribution in [-0.2, 0) is 5.41 Å². The lowest BCUT2D eigenvalue weighted by molar-refractivity contribution is 0.457. The van der Waals surface area contributed by atoms with Crippen molar-refractivity contribution in [2.75, 3.05) is 18.1 Å². The molecule has 1 saturated carbocycles. The molecule has 1 heterocycles. The van der Waals surface area contributed by atoms with Gasteiger partial charge in [0.15, 0.2) is 0 Å². The molecule has 178 valence electrons. The van der Waals surface area contributed by atoms with E-state index in [2.05, 4.69) is 131 Å². The van der Waals surface area contributed by atoms with Crippen LogP contribution in [0.15, 0.2) is 78.9 Å². The molecule has 3 heteroatoms. The molecule has 0 unspecified atom stereocenters. The highest BCUT2D eigenvalue weighted by Gasteiger charge is 2.77. The average Bonchev–Trinajstić information content (AvgIpc) is 3.10. The molecule has 0 radical (unpaired) electrons. The first-order valence-corrected chi connectivity index (χ1v) is 12.7. The van der Waals surface area contributed by atoms with Crippen molar-refractivity contribution >= 4 is 10.9 Å². The van der Waals surface area contributed by atoms with Gasteiger partial charge in [0.1, 0.15) is 5.69 Å². The van der Waals surface area contributed by atoms with Crippen LogP contribution in [0.1, 0.15) is 52.8 Å². The Bertz CT molecular complexity index is 1410. The second kappa shape index (κ2) is 8.31. The van der Waals surface area contributed by atoms with Gasteiger partial charge in [0.25, 0.3) is 0 Å². The molecule has 0 aliphatic heterocycles. The van der Waals surface area contributed by atoms with E-state index >= 15 is 0 Å². The van der Waals surface area contributed by atoms with E-state index in [9.17, 15) is 0 Å². The Morgan fingerprint density at radius 3 is 2.03 bits per heavy atom. The minimum absolute atomic E-state index is 0.00768. The maximum Gasteiger partial charge on any atom is 0.142 e. The number of fused-ring (bicyclic) bond motifs is 1. The summed E-state index contributed by atoms with van der Waals surface area (Å²) in [5.41, 5.74) is 5.50. The van der Waals surface area contributed by atoms with Crippen molar-refractivity contribution in [3.8, 4) is 23.0 Å². The van der Waals surface area contributed by atoms with E-state index in [1.165, 1.54) is 16.7 Å². The molecule has 35 heavy (non-hydrogen) atoms. The van der Waals surface area contributed by atoms with Crippen molar-refractivity contribution in [2.45, 2.75) is 47.0 Å². The van der Waals surface area contributed by atoms with Gasteiger partial charge >= 0.3 is 0 Å². The first-order chi connectivity index (χ1) is 16.8. The van der Waals surface area contributed by atoms with Gasteiger partial charge in [-0.2, -0.15) is 9.89 Å². The zero-order valence-electron chi connectivity index (χ0n) is 21.8. The van der Waals surface area contributed by atoms with Crippen LogP contribution in [0.5, 0.6) is 0 Å². The fourth-order valence-electron chi connectivity index (χ4n) is 6.03. The number of rotatable bonds is 5. The molecule has 0 saturated heterocycles. The highest BCUT2D eigenvalue weighted by molar-refractivity contribution is 5.85. The highest BCUT2D eigenvalue weighted by atomic mass is 15.7. The molecule has 4 aromatic rings. The minimum Gasteiger partial charge on any atom is -0.296 e. The summed E-state index contributed by atoms with van der Waals surface area (Å²) in [5, 5.41) is 8.27. The molecule has 0 amide bonds. The molecule has 5 rings (SSSR count). The van der Waals surface area contributed by atoms with Gasteiger partial charge in [0.2, 0.25) is 0 Å². The van der Waals surface area contributed by atoms with Gasteiger partial charge in [0.05, 0.1) is 10.9 Å². The molecule has 3 nitrogen and oxygen atoms in total. The molecule has 0 N–H and O–H groups in total. The van der Waals surface area contributed by atoms with E-state index < -0.39 is 0 Å². The van der Waals surface area contributed by atoms with Gasteiger partial charge in [-0.1, -0.05) is 100 Å². The Morgan fingerprint density at radius 1 is 0.771 bits per heavy atom.